The van der Waals surface area contributed by atoms with Crippen LogP contribution in [-0.4, -0.2) is 30.9 Å². The smallest absolute Gasteiger partial charge is 0.208 e. The fraction of sp³-hybridized carbons (Fsp3) is 0.412. The summed E-state index contributed by atoms with van der Waals surface area (Å²) in [7, 11) is 1.66. The molecule has 4 heteroatoms. The molecule has 2 aromatic rings. The third-order valence-corrected chi connectivity index (χ3v) is 4.14. The molecule has 1 saturated heterocycles. The fourth-order valence-electron chi connectivity index (χ4n) is 2.87. The standard InChI is InChI=1S/C17H21NO3/c1-11-10-21-17(19,12(2)18-11)15-6-4-14-9-16(20-3)7-5-13(14)8-15/h4-9,11-12,18-19H,10H2,1-3H3/t11-,12+,17-/m1/s1. The van der Waals surface area contributed by atoms with E-state index < -0.39 is 5.79 Å². The van der Waals surface area contributed by atoms with Gasteiger partial charge in [-0.3, -0.25) is 0 Å². The minimum absolute atomic E-state index is 0.169. The number of rotatable bonds is 2. The molecular formula is C17H21NO3. The van der Waals surface area contributed by atoms with Gasteiger partial charge in [-0.1, -0.05) is 18.2 Å². The Morgan fingerprint density at radius 1 is 1.19 bits per heavy atom. The van der Waals surface area contributed by atoms with Gasteiger partial charge in [-0.2, -0.15) is 0 Å². The van der Waals surface area contributed by atoms with Crippen LogP contribution in [0.2, 0.25) is 0 Å². The maximum absolute atomic E-state index is 10.9. The number of hydrogen-bond donors (Lipinski definition) is 2. The molecule has 2 aromatic carbocycles. The zero-order valence-electron chi connectivity index (χ0n) is 12.6. The predicted octanol–water partition coefficient (Wildman–Crippen LogP) is 2.39. The van der Waals surface area contributed by atoms with Crippen molar-refractivity contribution in [1.29, 1.82) is 0 Å². The second-order valence-corrected chi connectivity index (χ2v) is 5.72. The molecule has 21 heavy (non-hydrogen) atoms. The zero-order chi connectivity index (χ0) is 15.0. The van der Waals surface area contributed by atoms with Crippen molar-refractivity contribution in [2.75, 3.05) is 13.7 Å². The van der Waals surface area contributed by atoms with E-state index in [0.29, 0.717) is 6.61 Å². The van der Waals surface area contributed by atoms with Crippen molar-refractivity contribution in [3.8, 4) is 5.75 Å². The molecule has 0 radical (unpaired) electrons. The van der Waals surface area contributed by atoms with Gasteiger partial charge in [0.1, 0.15) is 5.75 Å². The third kappa shape index (κ3) is 2.50. The first-order valence-corrected chi connectivity index (χ1v) is 7.23. The van der Waals surface area contributed by atoms with Gasteiger partial charge < -0.3 is 19.9 Å². The summed E-state index contributed by atoms with van der Waals surface area (Å²) in [5.74, 6) is -0.465. The van der Waals surface area contributed by atoms with Crippen LogP contribution in [0.25, 0.3) is 10.8 Å². The van der Waals surface area contributed by atoms with Gasteiger partial charge in [0.05, 0.1) is 19.8 Å². The van der Waals surface area contributed by atoms with Crippen LogP contribution in [0, 0.1) is 0 Å². The van der Waals surface area contributed by atoms with Crippen LogP contribution in [0.5, 0.6) is 5.75 Å². The molecule has 0 spiro atoms. The molecule has 0 saturated carbocycles. The van der Waals surface area contributed by atoms with Crippen molar-refractivity contribution in [2.24, 2.45) is 0 Å². The number of nitrogens with one attached hydrogen (secondary N) is 1. The average Bonchev–Trinajstić information content (AvgIpc) is 2.50. The zero-order valence-corrected chi connectivity index (χ0v) is 12.6. The number of benzene rings is 2. The Labute approximate surface area is 124 Å². The summed E-state index contributed by atoms with van der Waals surface area (Å²) in [5.41, 5.74) is 0.770. The van der Waals surface area contributed by atoms with Crippen LogP contribution >= 0.6 is 0 Å². The van der Waals surface area contributed by atoms with Gasteiger partial charge in [0.2, 0.25) is 5.79 Å². The lowest BCUT2D eigenvalue weighted by Crippen LogP contribution is -2.58. The van der Waals surface area contributed by atoms with Crippen molar-refractivity contribution in [1.82, 2.24) is 5.32 Å². The predicted molar refractivity (Wildman–Crippen MR) is 82.4 cm³/mol. The molecule has 0 bridgehead atoms. The first kappa shape index (κ1) is 14.3. The van der Waals surface area contributed by atoms with Crippen LogP contribution in [0.15, 0.2) is 36.4 Å². The van der Waals surface area contributed by atoms with Crippen molar-refractivity contribution in [2.45, 2.75) is 31.7 Å². The summed E-state index contributed by atoms with van der Waals surface area (Å²) >= 11 is 0. The van der Waals surface area contributed by atoms with E-state index in [-0.39, 0.29) is 12.1 Å². The summed E-state index contributed by atoms with van der Waals surface area (Å²) in [6.45, 7) is 4.47. The second-order valence-electron chi connectivity index (χ2n) is 5.72. The summed E-state index contributed by atoms with van der Waals surface area (Å²) in [4.78, 5) is 0. The van der Waals surface area contributed by atoms with Crippen LogP contribution in [0.1, 0.15) is 19.4 Å². The van der Waals surface area contributed by atoms with Crippen LogP contribution in [0.3, 0.4) is 0 Å². The van der Waals surface area contributed by atoms with E-state index in [1.807, 2.05) is 50.2 Å². The van der Waals surface area contributed by atoms with E-state index in [2.05, 4.69) is 5.32 Å². The quantitative estimate of drug-likeness (QED) is 0.890. The van der Waals surface area contributed by atoms with E-state index in [4.69, 9.17) is 9.47 Å². The molecule has 0 amide bonds. The maximum Gasteiger partial charge on any atom is 0.208 e. The largest absolute Gasteiger partial charge is 0.497 e. The van der Waals surface area contributed by atoms with Crippen molar-refractivity contribution in [3.05, 3.63) is 42.0 Å². The summed E-state index contributed by atoms with van der Waals surface area (Å²) in [6.07, 6.45) is 0. The first-order chi connectivity index (χ1) is 10.0. The van der Waals surface area contributed by atoms with E-state index >= 15 is 0 Å². The lowest BCUT2D eigenvalue weighted by molar-refractivity contribution is -0.252. The highest BCUT2D eigenvalue weighted by molar-refractivity contribution is 5.84. The van der Waals surface area contributed by atoms with Gasteiger partial charge in [-0.15, -0.1) is 0 Å². The number of fused-ring (bicyclic) bond motifs is 1. The maximum atomic E-state index is 10.9. The van der Waals surface area contributed by atoms with Crippen molar-refractivity contribution in [3.63, 3.8) is 0 Å². The Morgan fingerprint density at radius 3 is 2.62 bits per heavy atom. The van der Waals surface area contributed by atoms with Crippen LogP contribution in [0.4, 0.5) is 0 Å². The number of morpholine rings is 1. The minimum Gasteiger partial charge on any atom is -0.497 e. The molecule has 3 atom stereocenters. The molecule has 3 rings (SSSR count). The van der Waals surface area contributed by atoms with Gasteiger partial charge in [-0.05, 0) is 42.8 Å². The van der Waals surface area contributed by atoms with Gasteiger partial charge in [-0.25, -0.2) is 0 Å². The lowest BCUT2D eigenvalue weighted by atomic mass is 9.94. The average molecular weight is 287 g/mol. The first-order valence-electron chi connectivity index (χ1n) is 7.23. The number of ether oxygens (including phenoxy) is 2. The summed E-state index contributed by atoms with van der Waals surface area (Å²) < 4.78 is 11.0. The number of methoxy groups -OCH3 is 1. The van der Waals surface area contributed by atoms with Crippen LogP contribution in [-0.2, 0) is 10.5 Å². The van der Waals surface area contributed by atoms with Gasteiger partial charge in [0.15, 0.2) is 0 Å². The van der Waals surface area contributed by atoms with Crippen LogP contribution < -0.4 is 10.1 Å². The molecular weight excluding hydrogens is 266 g/mol. The molecule has 1 aliphatic rings. The van der Waals surface area contributed by atoms with E-state index in [0.717, 1.165) is 22.1 Å². The Balaban J connectivity index is 2.00. The summed E-state index contributed by atoms with van der Waals surface area (Å²) in [5, 5.41) is 16.3. The minimum atomic E-state index is -1.29. The van der Waals surface area contributed by atoms with Gasteiger partial charge >= 0.3 is 0 Å². The fourth-order valence-corrected chi connectivity index (χ4v) is 2.87. The van der Waals surface area contributed by atoms with E-state index in [1.54, 1.807) is 7.11 Å². The van der Waals surface area contributed by atoms with E-state index in [1.165, 1.54) is 0 Å². The molecule has 1 fully saturated rings. The topological polar surface area (TPSA) is 50.7 Å². The Kier molecular flexibility index (Phi) is 3.61. The van der Waals surface area contributed by atoms with E-state index in [9.17, 15) is 5.11 Å². The van der Waals surface area contributed by atoms with Crippen molar-refractivity contribution < 1.29 is 14.6 Å². The highest BCUT2D eigenvalue weighted by atomic mass is 16.6. The Morgan fingerprint density at radius 2 is 1.90 bits per heavy atom. The monoisotopic (exact) mass is 287 g/mol. The van der Waals surface area contributed by atoms with Crippen molar-refractivity contribution >= 4 is 10.8 Å². The molecule has 2 N–H and O–H groups in total. The molecule has 1 aliphatic heterocycles. The second kappa shape index (κ2) is 5.30. The molecule has 0 aliphatic carbocycles. The normalized spacial score (nSPS) is 29.5. The molecule has 1 heterocycles. The molecule has 0 aromatic heterocycles. The Bertz CT molecular complexity index is 658. The highest BCUT2D eigenvalue weighted by Gasteiger charge is 2.41. The third-order valence-electron chi connectivity index (χ3n) is 4.14. The highest BCUT2D eigenvalue weighted by Crippen LogP contribution is 2.32. The number of hydrogen-bond acceptors (Lipinski definition) is 4. The Hall–Kier alpha value is -1.62. The van der Waals surface area contributed by atoms with Gasteiger partial charge in [0.25, 0.3) is 0 Å². The molecule has 4 nitrogen and oxygen atoms in total. The van der Waals surface area contributed by atoms with Gasteiger partial charge in [0, 0.05) is 11.6 Å². The SMILES string of the molecule is COc1ccc2cc([C@]3(O)OC[C@@H](C)N[C@H]3C)ccc2c1. The molecule has 0 unspecified atom stereocenters. The summed E-state index contributed by atoms with van der Waals surface area (Å²) in [6, 6.07) is 11.8. The lowest BCUT2D eigenvalue weighted by Gasteiger charge is -2.41. The number of aliphatic hydroxyl groups is 1. The molecule has 112 valence electrons.